The summed E-state index contributed by atoms with van der Waals surface area (Å²) >= 11 is 0. The van der Waals surface area contributed by atoms with E-state index < -0.39 is 0 Å². The summed E-state index contributed by atoms with van der Waals surface area (Å²) in [5.41, 5.74) is 7.59. The first kappa shape index (κ1) is 18.8. The fraction of sp³-hybridized carbons (Fsp3) is 0. The van der Waals surface area contributed by atoms with Crippen LogP contribution in [-0.4, -0.2) is 19.1 Å². The number of hydrogen-bond acceptors (Lipinski definition) is 2. The number of benzene rings is 4. The van der Waals surface area contributed by atoms with E-state index in [0.29, 0.717) is 0 Å². The van der Waals surface area contributed by atoms with Crippen molar-refractivity contribution in [3.63, 3.8) is 0 Å². The minimum atomic E-state index is 0.910. The number of imidazole rings is 1. The molecule has 34 heavy (non-hydrogen) atoms. The molecule has 0 spiro atoms. The van der Waals surface area contributed by atoms with Gasteiger partial charge in [-0.1, -0.05) is 66.7 Å². The fourth-order valence-electron chi connectivity index (χ4n) is 4.98. The average molecular weight is 437 g/mol. The van der Waals surface area contributed by atoms with Crippen LogP contribution in [0.4, 0.5) is 0 Å². The Morgan fingerprint density at radius 2 is 1.24 bits per heavy atom. The van der Waals surface area contributed by atoms with Crippen LogP contribution in [-0.2, 0) is 0 Å². The molecule has 4 aromatic carbocycles. The first-order chi connectivity index (χ1) is 16.9. The number of hydrogen-bond donors (Lipinski definition) is 0. The Balaban J connectivity index is 1.66. The maximum Gasteiger partial charge on any atom is 0.145 e. The summed E-state index contributed by atoms with van der Waals surface area (Å²) < 4.78 is 4.54. The highest BCUT2D eigenvalue weighted by atomic mass is 15.1. The summed E-state index contributed by atoms with van der Waals surface area (Å²) in [7, 11) is 0. The van der Waals surface area contributed by atoms with E-state index in [1.54, 1.807) is 6.20 Å². The van der Waals surface area contributed by atoms with Gasteiger partial charge < -0.3 is 4.57 Å². The Morgan fingerprint density at radius 1 is 0.529 bits per heavy atom. The first-order valence-electron chi connectivity index (χ1n) is 11.4. The van der Waals surface area contributed by atoms with E-state index >= 15 is 0 Å². The monoisotopic (exact) mass is 436 g/mol. The summed E-state index contributed by atoms with van der Waals surface area (Å²) in [5.74, 6) is 0.910. The Kier molecular flexibility index (Phi) is 4.11. The number of para-hydroxylation sites is 2. The molecule has 7 aromatic rings. The second-order valence-corrected chi connectivity index (χ2v) is 8.36. The molecule has 0 radical (unpaired) electrons. The van der Waals surface area contributed by atoms with Crippen molar-refractivity contribution in [3.8, 4) is 22.8 Å². The summed E-state index contributed by atoms with van der Waals surface area (Å²) in [4.78, 5) is 9.65. The van der Waals surface area contributed by atoms with Crippen molar-refractivity contribution in [1.82, 2.24) is 19.1 Å². The van der Waals surface area contributed by atoms with Gasteiger partial charge in [-0.2, -0.15) is 0 Å². The van der Waals surface area contributed by atoms with Crippen molar-refractivity contribution in [1.29, 1.82) is 0 Å². The smallest absolute Gasteiger partial charge is 0.145 e. The van der Waals surface area contributed by atoms with Crippen molar-refractivity contribution >= 4 is 32.8 Å². The summed E-state index contributed by atoms with van der Waals surface area (Å²) in [6.45, 7) is 0. The first-order valence-corrected chi connectivity index (χ1v) is 11.4. The highest BCUT2D eigenvalue weighted by Gasteiger charge is 2.20. The molecule has 0 atom stereocenters. The molecule has 160 valence electrons. The molecular formula is C30H20N4. The maximum absolute atomic E-state index is 5.27. The van der Waals surface area contributed by atoms with E-state index in [2.05, 4.69) is 111 Å². The second kappa shape index (κ2) is 7.42. The summed E-state index contributed by atoms with van der Waals surface area (Å²) in [5, 5.41) is 2.36. The number of fused-ring (bicyclic) bond motifs is 5. The Morgan fingerprint density at radius 3 is 2.03 bits per heavy atom. The molecule has 0 aliphatic heterocycles. The molecule has 3 aromatic heterocycles. The molecule has 0 N–H and O–H groups in total. The van der Waals surface area contributed by atoms with Gasteiger partial charge in [0.05, 0.1) is 34.0 Å². The Labute approximate surface area is 196 Å². The van der Waals surface area contributed by atoms with Gasteiger partial charge in [0.2, 0.25) is 0 Å². The van der Waals surface area contributed by atoms with Crippen LogP contribution < -0.4 is 0 Å². The van der Waals surface area contributed by atoms with Crippen LogP contribution in [0.1, 0.15) is 0 Å². The van der Waals surface area contributed by atoms with Gasteiger partial charge in [-0.15, -0.1) is 0 Å². The van der Waals surface area contributed by atoms with Crippen molar-refractivity contribution in [2.75, 3.05) is 0 Å². The fourth-order valence-corrected chi connectivity index (χ4v) is 4.98. The van der Waals surface area contributed by atoms with Crippen LogP contribution in [0.2, 0.25) is 0 Å². The van der Waals surface area contributed by atoms with Gasteiger partial charge in [0.15, 0.2) is 0 Å². The van der Waals surface area contributed by atoms with Gasteiger partial charge in [-0.3, -0.25) is 9.55 Å². The average Bonchev–Trinajstić information content (AvgIpc) is 3.46. The standard InChI is InChI=1S/C30H20N4/c1-3-10-21(11-4-1)30-32-29-27(34(30)23-14-9-19-31-20-23)18-17-26-28(29)24-15-7-8-16-25(24)33(26)22-12-5-2-6-13-22/h1-20H. The van der Waals surface area contributed by atoms with Crippen molar-refractivity contribution in [2.24, 2.45) is 0 Å². The van der Waals surface area contributed by atoms with Gasteiger partial charge in [0, 0.05) is 28.2 Å². The quantitative estimate of drug-likeness (QED) is 0.294. The van der Waals surface area contributed by atoms with Crippen LogP contribution in [0.15, 0.2) is 122 Å². The molecule has 0 fully saturated rings. The van der Waals surface area contributed by atoms with E-state index in [0.717, 1.165) is 44.7 Å². The largest absolute Gasteiger partial charge is 0.309 e. The number of pyridine rings is 1. The van der Waals surface area contributed by atoms with E-state index in [9.17, 15) is 0 Å². The maximum atomic E-state index is 5.27. The van der Waals surface area contributed by atoms with Gasteiger partial charge in [-0.25, -0.2) is 4.98 Å². The zero-order valence-electron chi connectivity index (χ0n) is 18.3. The normalized spacial score (nSPS) is 11.5. The topological polar surface area (TPSA) is 35.6 Å². The van der Waals surface area contributed by atoms with Crippen LogP contribution in [0.3, 0.4) is 0 Å². The van der Waals surface area contributed by atoms with E-state index in [-0.39, 0.29) is 0 Å². The highest BCUT2D eigenvalue weighted by molar-refractivity contribution is 6.20. The molecule has 3 heterocycles. The lowest BCUT2D eigenvalue weighted by Gasteiger charge is -2.09. The van der Waals surface area contributed by atoms with Gasteiger partial charge in [-0.05, 0) is 42.5 Å². The number of nitrogens with zero attached hydrogens (tertiary/aromatic N) is 4. The van der Waals surface area contributed by atoms with Crippen molar-refractivity contribution < 1.29 is 0 Å². The summed E-state index contributed by atoms with van der Waals surface area (Å²) in [6.07, 6.45) is 3.70. The molecule has 0 unspecified atom stereocenters. The predicted octanol–water partition coefficient (Wildman–Crippen LogP) is 7.18. The second-order valence-electron chi connectivity index (χ2n) is 8.36. The van der Waals surface area contributed by atoms with Crippen LogP contribution in [0.5, 0.6) is 0 Å². The molecule has 7 rings (SSSR count). The molecule has 0 bridgehead atoms. The minimum Gasteiger partial charge on any atom is -0.309 e. The van der Waals surface area contributed by atoms with Crippen LogP contribution >= 0.6 is 0 Å². The van der Waals surface area contributed by atoms with Crippen LogP contribution in [0, 0.1) is 0 Å². The number of rotatable bonds is 3. The van der Waals surface area contributed by atoms with Gasteiger partial charge in [0.25, 0.3) is 0 Å². The third kappa shape index (κ3) is 2.72. The van der Waals surface area contributed by atoms with Crippen molar-refractivity contribution in [2.45, 2.75) is 0 Å². The van der Waals surface area contributed by atoms with E-state index in [4.69, 9.17) is 4.98 Å². The lowest BCUT2D eigenvalue weighted by Crippen LogP contribution is -1.98. The molecule has 0 saturated carbocycles. The molecule has 0 aliphatic rings. The molecular weight excluding hydrogens is 416 g/mol. The lowest BCUT2D eigenvalue weighted by atomic mass is 10.1. The SMILES string of the molecule is c1ccc(-c2nc3c4c5ccccc5n(-c5ccccc5)c4ccc3n2-c2cccnc2)cc1. The van der Waals surface area contributed by atoms with E-state index in [1.807, 2.05) is 18.3 Å². The minimum absolute atomic E-state index is 0.910. The van der Waals surface area contributed by atoms with Gasteiger partial charge in [0.1, 0.15) is 5.82 Å². The third-order valence-electron chi connectivity index (χ3n) is 6.41. The molecule has 0 amide bonds. The van der Waals surface area contributed by atoms with E-state index in [1.165, 1.54) is 10.9 Å². The highest BCUT2D eigenvalue weighted by Crippen LogP contribution is 2.38. The predicted molar refractivity (Wildman–Crippen MR) is 139 cm³/mol. The summed E-state index contributed by atoms with van der Waals surface area (Å²) in [6, 6.07) is 37.9. The molecule has 4 heteroatoms. The Bertz CT molecular complexity index is 1780. The zero-order chi connectivity index (χ0) is 22.5. The lowest BCUT2D eigenvalue weighted by molar-refractivity contribution is 1.08. The molecule has 0 aliphatic carbocycles. The number of aromatic nitrogens is 4. The zero-order valence-corrected chi connectivity index (χ0v) is 18.3. The van der Waals surface area contributed by atoms with Gasteiger partial charge >= 0.3 is 0 Å². The van der Waals surface area contributed by atoms with Crippen LogP contribution in [0.25, 0.3) is 55.6 Å². The Hall–Kier alpha value is -4.70. The third-order valence-corrected chi connectivity index (χ3v) is 6.41. The molecule has 0 saturated heterocycles. The van der Waals surface area contributed by atoms with Crippen molar-refractivity contribution in [3.05, 3.63) is 122 Å². The molecule has 4 nitrogen and oxygen atoms in total.